The summed E-state index contributed by atoms with van der Waals surface area (Å²) in [5.74, 6) is 0.879. The number of fused-ring (bicyclic) bond motifs is 1. The number of aromatic nitrogens is 2. The summed E-state index contributed by atoms with van der Waals surface area (Å²) in [6.07, 6.45) is 7.51. The van der Waals surface area contributed by atoms with E-state index >= 15 is 0 Å². The molecule has 4 rings (SSSR count). The summed E-state index contributed by atoms with van der Waals surface area (Å²) < 4.78 is 5.57. The van der Waals surface area contributed by atoms with Crippen LogP contribution in [-0.4, -0.2) is 48.2 Å². The Morgan fingerprint density at radius 3 is 2.88 bits per heavy atom. The summed E-state index contributed by atoms with van der Waals surface area (Å²) in [4.78, 5) is 23.7. The molecule has 0 unspecified atom stereocenters. The van der Waals surface area contributed by atoms with Gasteiger partial charge >= 0.3 is 0 Å². The Morgan fingerprint density at radius 2 is 2.08 bits per heavy atom. The van der Waals surface area contributed by atoms with Gasteiger partial charge in [0, 0.05) is 37.2 Å². The van der Waals surface area contributed by atoms with Gasteiger partial charge in [-0.2, -0.15) is 0 Å². The van der Waals surface area contributed by atoms with E-state index in [1.165, 1.54) is 19.3 Å². The average Bonchev–Trinajstić information content (AvgIpc) is 3.19. The van der Waals surface area contributed by atoms with Crippen LogP contribution in [0, 0.1) is 0 Å². The molecule has 0 aliphatic carbocycles. The number of nitrogens with one attached hydrogen (secondary N) is 1. The van der Waals surface area contributed by atoms with E-state index in [1.807, 2.05) is 18.2 Å². The number of hydrogen-bond acceptors (Lipinski definition) is 5. The number of carbonyl (C=O) groups excluding carboxylic acids is 1. The smallest absolute Gasteiger partial charge is 0.251 e. The quantitative estimate of drug-likeness (QED) is 0.926. The Morgan fingerprint density at radius 1 is 1.20 bits per heavy atom. The van der Waals surface area contributed by atoms with Crippen LogP contribution in [0.4, 0.5) is 5.82 Å². The van der Waals surface area contributed by atoms with Gasteiger partial charge in [0.15, 0.2) is 0 Å². The second kappa shape index (κ2) is 7.35. The van der Waals surface area contributed by atoms with E-state index in [0.29, 0.717) is 12.1 Å². The fraction of sp³-hybridized carbons (Fsp3) is 0.526. The minimum Gasteiger partial charge on any atom is -0.376 e. The molecule has 1 amide bonds. The van der Waals surface area contributed by atoms with Gasteiger partial charge in [0.1, 0.15) is 12.1 Å². The predicted molar refractivity (Wildman–Crippen MR) is 96.9 cm³/mol. The normalized spacial score (nSPS) is 20.8. The number of rotatable bonds is 4. The maximum absolute atomic E-state index is 12.5. The SMILES string of the molecule is O=C(NC[C@H]1CCCO1)c1ccc2ncnc(N3CCCCC3)c2c1. The van der Waals surface area contributed by atoms with E-state index < -0.39 is 0 Å². The third-order valence-electron chi connectivity index (χ3n) is 5.05. The third kappa shape index (κ3) is 3.58. The Hall–Kier alpha value is -2.21. The van der Waals surface area contributed by atoms with Gasteiger partial charge in [-0.1, -0.05) is 0 Å². The van der Waals surface area contributed by atoms with Crippen LogP contribution in [0.2, 0.25) is 0 Å². The van der Waals surface area contributed by atoms with Crippen LogP contribution in [-0.2, 0) is 4.74 Å². The first-order valence-corrected chi connectivity index (χ1v) is 9.21. The van der Waals surface area contributed by atoms with Gasteiger partial charge < -0.3 is 15.0 Å². The summed E-state index contributed by atoms with van der Waals surface area (Å²) in [6.45, 7) is 3.40. The molecule has 2 fully saturated rings. The van der Waals surface area contributed by atoms with Gasteiger partial charge in [-0.15, -0.1) is 0 Å². The van der Waals surface area contributed by atoms with Crippen molar-refractivity contribution in [1.82, 2.24) is 15.3 Å². The number of carbonyl (C=O) groups is 1. The Balaban J connectivity index is 1.56. The van der Waals surface area contributed by atoms with E-state index in [9.17, 15) is 4.79 Å². The summed E-state index contributed by atoms with van der Waals surface area (Å²) in [6, 6.07) is 5.66. The molecule has 0 spiro atoms. The average molecular weight is 340 g/mol. The molecule has 6 nitrogen and oxygen atoms in total. The molecule has 1 aromatic carbocycles. The Labute approximate surface area is 147 Å². The highest BCUT2D eigenvalue weighted by molar-refractivity contribution is 6.00. The molecule has 0 radical (unpaired) electrons. The Bertz CT molecular complexity index is 752. The van der Waals surface area contributed by atoms with Crippen molar-refractivity contribution >= 4 is 22.6 Å². The van der Waals surface area contributed by atoms with Crippen molar-refractivity contribution in [2.75, 3.05) is 31.1 Å². The lowest BCUT2D eigenvalue weighted by Gasteiger charge is -2.28. The van der Waals surface area contributed by atoms with Crippen LogP contribution < -0.4 is 10.2 Å². The van der Waals surface area contributed by atoms with Crippen molar-refractivity contribution in [3.05, 3.63) is 30.1 Å². The minimum absolute atomic E-state index is 0.0640. The molecule has 1 aromatic heterocycles. The van der Waals surface area contributed by atoms with E-state index in [0.717, 1.165) is 49.3 Å². The van der Waals surface area contributed by atoms with Gasteiger partial charge in [-0.3, -0.25) is 4.79 Å². The van der Waals surface area contributed by atoms with Crippen molar-refractivity contribution < 1.29 is 9.53 Å². The summed E-state index contributed by atoms with van der Waals surface area (Å²) in [5.41, 5.74) is 1.53. The third-order valence-corrected chi connectivity index (χ3v) is 5.05. The van der Waals surface area contributed by atoms with E-state index in [-0.39, 0.29) is 12.0 Å². The summed E-state index contributed by atoms with van der Waals surface area (Å²) in [7, 11) is 0. The molecule has 3 heterocycles. The highest BCUT2D eigenvalue weighted by atomic mass is 16.5. The van der Waals surface area contributed by atoms with Crippen LogP contribution in [0.3, 0.4) is 0 Å². The van der Waals surface area contributed by atoms with Crippen LogP contribution in [0.25, 0.3) is 10.9 Å². The molecule has 132 valence electrons. The number of benzene rings is 1. The number of piperidine rings is 1. The number of nitrogens with zero attached hydrogens (tertiary/aromatic N) is 3. The van der Waals surface area contributed by atoms with Crippen LogP contribution in [0.15, 0.2) is 24.5 Å². The second-order valence-electron chi connectivity index (χ2n) is 6.82. The molecule has 2 saturated heterocycles. The van der Waals surface area contributed by atoms with Gasteiger partial charge in [-0.25, -0.2) is 9.97 Å². The molecule has 25 heavy (non-hydrogen) atoms. The van der Waals surface area contributed by atoms with E-state index in [2.05, 4.69) is 20.2 Å². The van der Waals surface area contributed by atoms with Crippen molar-refractivity contribution in [2.45, 2.75) is 38.2 Å². The molecular formula is C19H24N4O2. The molecule has 2 aliphatic rings. The molecule has 0 saturated carbocycles. The lowest BCUT2D eigenvalue weighted by atomic mass is 10.1. The molecular weight excluding hydrogens is 316 g/mol. The van der Waals surface area contributed by atoms with Gasteiger partial charge in [0.2, 0.25) is 0 Å². The van der Waals surface area contributed by atoms with Crippen LogP contribution in [0.5, 0.6) is 0 Å². The van der Waals surface area contributed by atoms with Gasteiger partial charge in [0.25, 0.3) is 5.91 Å². The van der Waals surface area contributed by atoms with Crippen LogP contribution in [0.1, 0.15) is 42.5 Å². The fourth-order valence-corrected chi connectivity index (χ4v) is 3.66. The molecule has 0 bridgehead atoms. The standard InChI is InChI=1S/C19H24N4O2/c24-19(20-12-15-5-4-10-25-15)14-6-7-17-16(11-14)18(22-13-21-17)23-8-2-1-3-9-23/h6-7,11,13,15H,1-5,8-10,12H2,(H,20,24)/t15-/m1/s1. The van der Waals surface area contributed by atoms with Crippen LogP contribution >= 0.6 is 0 Å². The van der Waals surface area contributed by atoms with E-state index in [1.54, 1.807) is 6.33 Å². The highest BCUT2D eigenvalue weighted by Crippen LogP contribution is 2.26. The van der Waals surface area contributed by atoms with Crippen molar-refractivity contribution in [3.8, 4) is 0 Å². The van der Waals surface area contributed by atoms with E-state index in [4.69, 9.17) is 4.74 Å². The van der Waals surface area contributed by atoms with Gasteiger partial charge in [0.05, 0.1) is 11.6 Å². The summed E-state index contributed by atoms with van der Waals surface area (Å²) in [5, 5.41) is 3.94. The lowest BCUT2D eigenvalue weighted by Crippen LogP contribution is -2.32. The van der Waals surface area contributed by atoms with Crippen molar-refractivity contribution in [2.24, 2.45) is 0 Å². The number of anilines is 1. The monoisotopic (exact) mass is 340 g/mol. The molecule has 2 aromatic rings. The van der Waals surface area contributed by atoms with Crippen molar-refractivity contribution in [3.63, 3.8) is 0 Å². The zero-order valence-electron chi connectivity index (χ0n) is 14.4. The first-order chi connectivity index (χ1) is 12.3. The molecule has 1 atom stereocenters. The molecule has 2 aliphatic heterocycles. The first-order valence-electron chi connectivity index (χ1n) is 9.21. The Kier molecular flexibility index (Phi) is 4.78. The fourth-order valence-electron chi connectivity index (χ4n) is 3.66. The lowest BCUT2D eigenvalue weighted by molar-refractivity contribution is 0.0858. The highest BCUT2D eigenvalue weighted by Gasteiger charge is 2.19. The molecule has 1 N–H and O–H groups in total. The topological polar surface area (TPSA) is 67.3 Å². The van der Waals surface area contributed by atoms with Crippen molar-refractivity contribution in [1.29, 1.82) is 0 Å². The maximum atomic E-state index is 12.5. The largest absolute Gasteiger partial charge is 0.376 e. The molecule has 6 heteroatoms. The summed E-state index contributed by atoms with van der Waals surface area (Å²) >= 11 is 0. The number of amides is 1. The zero-order valence-corrected chi connectivity index (χ0v) is 14.4. The second-order valence-corrected chi connectivity index (χ2v) is 6.82. The minimum atomic E-state index is -0.0640. The predicted octanol–water partition coefficient (Wildman–Crippen LogP) is 2.53. The zero-order chi connectivity index (χ0) is 17.1. The van der Waals surface area contributed by atoms with Gasteiger partial charge in [-0.05, 0) is 50.3 Å². The number of ether oxygens (including phenoxy) is 1. The number of hydrogen-bond donors (Lipinski definition) is 1. The first kappa shape index (κ1) is 16.3. The maximum Gasteiger partial charge on any atom is 0.251 e.